The fourth-order valence-electron chi connectivity index (χ4n) is 3.30. The summed E-state index contributed by atoms with van der Waals surface area (Å²) in [5.74, 6) is 1.000. The number of thiazole rings is 1. The van der Waals surface area contributed by atoms with Crippen LogP contribution in [0.1, 0.15) is 12.6 Å². The van der Waals surface area contributed by atoms with Crippen LogP contribution in [0.5, 0.6) is 11.5 Å². The van der Waals surface area contributed by atoms with E-state index >= 15 is 0 Å². The van der Waals surface area contributed by atoms with Gasteiger partial charge >= 0.3 is 0 Å². The van der Waals surface area contributed by atoms with Crippen LogP contribution in [-0.4, -0.2) is 35.4 Å². The smallest absolute Gasteiger partial charge is 0.230 e. The fraction of sp³-hybridized carbons (Fsp3) is 0.174. The summed E-state index contributed by atoms with van der Waals surface area (Å²) < 4.78 is 12.6. The number of amides is 2. The van der Waals surface area contributed by atoms with Crippen LogP contribution in [-0.2, 0) is 16.0 Å². The normalized spacial score (nSPS) is 10.7. The van der Waals surface area contributed by atoms with Gasteiger partial charge in [0.2, 0.25) is 11.8 Å². The van der Waals surface area contributed by atoms with E-state index in [1.807, 2.05) is 34.2 Å². The van der Waals surface area contributed by atoms with Gasteiger partial charge in [0.05, 0.1) is 26.3 Å². The molecule has 0 saturated carbocycles. The third kappa shape index (κ3) is 4.57. The van der Waals surface area contributed by atoms with E-state index in [2.05, 4.69) is 15.6 Å². The summed E-state index contributed by atoms with van der Waals surface area (Å²) in [5.41, 5.74) is 3.86. The molecule has 4 rings (SSSR count). The van der Waals surface area contributed by atoms with Crippen molar-refractivity contribution in [1.82, 2.24) is 9.38 Å². The number of aromatic nitrogens is 2. The monoisotopic (exact) mass is 450 g/mol. The Balaban J connectivity index is 1.49. The van der Waals surface area contributed by atoms with Gasteiger partial charge in [0.25, 0.3) is 0 Å². The molecule has 2 aromatic heterocycles. The molecule has 0 aliphatic carbocycles. The van der Waals surface area contributed by atoms with Gasteiger partial charge in [0.15, 0.2) is 16.5 Å². The molecule has 0 aliphatic rings. The van der Waals surface area contributed by atoms with E-state index in [-0.39, 0.29) is 18.2 Å². The highest BCUT2D eigenvalue weighted by Gasteiger charge is 2.14. The first-order valence-electron chi connectivity index (χ1n) is 9.82. The highest BCUT2D eigenvalue weighted by Crippen LogP contribution is 2.32. The molecular formula is C23H22N4O4S. The summed E-state index contributed by atoms with van der Waals surface area (Å²) in [6.07, 6.45) is 2.12. The molecule has 4 aromatic rings. The number of nitrogens with one attached hydrogen (secondary N) is 2. The molecule has 9 heteroatoms. The maximum absolute atomic E-state index is 12.6. The van der Waals surface area contributed by atoms with Gasteiger partial charge in [-0.25, -0.2) is 4.98 Å². The van der Waals surface area contributed by atoms with E-state index in [0.717, 1.165) is 21.9 Å². The molecule has 0 unspecified atom stereocenters. The predicted octanol–water partition coefficient (Wildman–Crippen LogP) is 4.22. The van der Waals surface area contributed by atoms with Gasteiger partial charge in [0, 0.05) is 41.1 Å². The molecule has 0 atom stereocenters. The number of fused-ring (bicyclic) bond motifs is 1. The van der Waals surface area contributed by atoms with E-state index < -0.39 is 0 Å². The summed E-state index contributed by atoms with van der Waals surface area (Å²) in [4.78, 5) is 29.2. The number of hydrogen-bond acceptors (Lipinski definition) is 6. The minimum atomic E-state index is -0.143. The number of methoxy groups -OCH3 is 2. The second-order valence-electron chi connectivity index (χ2n) is 7.06. The summed E-state index contributed by atoms with van der Waals surface area (Å²) in [6, 6.07) is 12.6. The lowest BCUT2D eigenvalue weighted by atomic mass is 10.1. The van der Waals surface area contributed by atoms with Crippen LogP contribution < -0.4 is 20.1 Å². The van der Waals surface area contributed by atoms with Gasteiger partial charge in [0.1, 0.15) is 0 Å². The lowest BCUT2D eigenvalue weighted by Crippen LogP contribution is -2.15. The minimum Gasteiger partial charge on any atom is -0.493 e. The molecule has 0 radical (unpaired) electrons. The zero-order valence-electron chi connectivity index (χ0n) is 17.8. The topological polar surface area (TPSA) is 94.0 Å². The lowest BCUT2D eigenvalue weighted by molar-refractivity contribution is -0.116. The molecule has 32 heavy (non-hydrogen) atoms. The van der Waals surface area contributed by atoms with Crippen molar-refractivity contribution in [1.29, 1.82) is 0 Å². The van der Waals surface area contributed by atoms with Crippen molar-refractivity contribution < 1.29 is 19.1 Å². The third-order valence-corrected chi connectivity index (χ3v) is 5.68. The summed E-state index contributed by atoms with van der Waals surface area (Å²) >= 11 is 1.48. The molecule has 0 aliphatic heterocycles. The summed E-state index contributed by atoms with van der Waals surface area (Å²) in [5, 5.41) is 7.51. The van der Waals surface area contributed by atoms with Crippen LogP contribution in [0.15, 0.2) is 54.0 Å². The van der Waals surface area contributed by atoms with Crippen LogP contribution in [0, 0.1) is 0 Å². The van der Waals surface area contributed by atoms with Crippen molar-refractivity contribution in [3.05, 3.63) is 59.7 Å². The summed E-state index contributed by atoms with van der Waals surface area (Å²) in [6.45, 7) is 1.45. The number of nitrogens with zero attached hydrogens (tertiary/aromatic N) is 2. The van der Waals surface area contributed by atoms with E-state index in [1.165, 1.54) is 18.3 Å². The van der Waals surface area contributed by atoms with Crippen molar-refractivity contribution in [2.45, 2.75) is 13.3 Å². The second-order valence-corrected chi connectivity index (χ2v) is 7.90. The fourth-order valence-corrected chi connectivity index (χ4v) is 4.17. The quantitative estimate of drug-likeness (QED) is 0.440. The average molecular weight is 451 g/mol. The van der Waals surface area contributed by atoms with Gasteiger partial charge in [-0.1, -0.05) is 0 Å². The molecule has 0 bridgehead atoms. The first-order chi connectivity index (χ1) is 15.5. The Kier molecular flexibility index (Phi) is 6.09. The first-order valence-corrected chi connectivity index (χ1v) is 10.7. The molecule has 164 valence electrons. The van der Waals surface area contributed by atoms with Gasteiger partial charge in [-0.2, -0.15) is 0 Å². The van der Waals surface area contributed by atoms with Crippen molar-refractivity contribution in [3.63, 3.8) is 0 Å². The van der Waals surface area contributed by atoms with Crippen LogP contribution in [0.25, 0.3) is 16.2 Å². The van der Waals surface area contributed by atoms with Gasteiger partial charge in [-0.05, 0) is 42.5 Å². The molecule has 8 nitrogen and oxygen atoms in total. The molecule has 2 N–H and O–H groups in total. The van der Waals surface area contributed by atoms with Crippen LogP contribution in [0.4, 0.5) is 11.4 Å². The van der Waals surface area contributed by atoms with Crippen molar-refractivity contribution in [2.75, 3.05) is 24.9 Å². The average Bonchev–Trinajstić information content (AvgIpc) is 3.36. The number of hydrogen-bond donors (Lipinski definition) is 2. The molecule has 0 spiro atoms. The van der Waals surface area contributed by atoms with Crippen LogP contribution >= 0.6 is 11.3 Å². The largest absolute Gasteiger partial charge is 0.493 e. The number of anilines is 2. The summed E-state index contributed by atoms with van der Waals surface area (Å²) in [7, 11) is 3.19. The first kappa shape index (κ1) is 21.4. The lowest BCUT2D eigenvalue weighted by Gasteiger charge is -2.08. The Morgan fingerprint density at radius 2 is 1.69 bits per heavy atom. The molecule has 0 fully saturated rings. The number of carbonyl (C=O) groups is 2. The second kappa shape index (κ2) is 9.11. The zero-order valence-corrected chi connectivity index (χ0v) is 18.7. The van der Waals surface area contributed by atoms with E-state index in [0.29, 0.717) is 22.9 Å². The standard InChI is InChI=1S/C23H22N4O4S/c1-14(28)24-16-5-7-17(8-6-16)25-22(29)11-18-13-32-23-26-19(12-27(18)23)15-4-9-20(30-2)21(10-15)31-3/h4-10,12-13H,11H2,1-3H3,(H,24,28)(H,25,29). The Labute approximate surface area is 188 Å². The van der Waals surface area contributed by atoms with Gasteiger partial charge < -0.3 is 20.1 Å². The zero-order chi connectivity index (χ0) is 22.7. The highest BCUT2D eigenvalue weighted by molar-refractivity contribution is 7.15. The van der Waals surface area contributed by atoms with Crippen molar-refractivity contribution in [2.24, 2.45) is 0 Å². The van der Waals surface area contributed by atoms with E-state index in [9.17, 15) is 9.59 Å². The minimum absolute atomic E-state index is 0.140. The number of imidazole rings is 1. The van der Waals surface area contributed by atoms with Crippen molar-refractivity contribution >= 4 is 39.5 Å². The van der Waals surface area contributed by atoms with Gasteiger partial charge in [-0.15, -0.1) is 11.3 Å². The van der Waals surface area contributed by atoms with Gasteiger partial charge in [-0.3, -0.25) is 14.0 Å². The molecule has 2 amide bonds. The number of ether oxygens (including phenoxy) is 2. The van der Waals surface area contributed by atoms with E-state index in [4.69, 9.17) is 9.47 Å². The number of benzene rings is 2. The Morgan fingerprint density at radius 1 is 1.00 bits per heavy atom. The Hall–Kier alpha value is -3.85. The molecule has 0 saturated heterocycles. The molecule has 2 aromatic carbocycles. The van der Waals surface area contributed by atoms with Crippen LogP contribution in [0.2, 0.25) is 0 Å². The maximum Gasteiger partial charge on any atom is 0.230 e. The van der Waals surface area contributed by atoms with Crippen molar-refractivity contribution in [3.8, 4) is 22.8 Å². The predicted molar refractivity (Wildman–Crippen MR) is 125 cm³/mol. The number of carbonyl (C=O) groups excluding carboxylic acids is 2. The molecular weight excluding hydrogens is 428 g/mol. The van der Waals surface area contributed by atoms with E-state index in [1.54, 1.807) is 38.5 Å². The highest BCUT2D eigenvalue weighted by atomic mass is 32.1. The molecule has 2 heterocycles. The van der Waals surface area contributed by atoms with Crippen LogP contribution in [0.3, 0.4) is 0 Å². The maximum atomic E-state index is 12.6. The Morgan fingerprint density at radius 3 is 2.34 bits per heavy atom. The Bertz CT molecular complexity index is 1280. The third-order valence-electron chi connectivity index (χ3n) is 4.79. The SMILES string of the molecule is COc1ccc(-c2cn3c(CC(=O)Nc4ccc(NC(C)=O)cc4)csc3n2)cc1OC. The number of rotatable bonds is 7.